The summed E-state index contributed by atoms with van der Waals surface area (Å²) in [5.41, 5.74) is 2.85. The van der Waals surface area contributed by atoms with Gasteiger partial charge in [-0.1, -0.05) is 37.3 Å². The van der Waals surface area contributed by atoms with Crippen LogP contribution in [0, 0.1) is 0 Å². The first-order valence-corrected chi connectivity index (χ1v) is 10.1. The number of Topliss-reactive ketones (excluding diaryl/α,β-unsaturated/α-hetero) is 1. The van der Waals surface area contributed by atoms with Gasteiger partial charge < -0.3 is 15.4 Å². The lowest BCUT2D eigenvalue weighted by Gasteiger charge is -2.45. The van der Waals surface area contributed by atoms with Gasteiger partial charge in [-0.3, -0.25) is 14.7 Å². The molecule has 0 saturated carbocycles. The van der Waals surface area contributed by atoms with Crippen molar-refractivity contribution >= 4 is 17.4 Å². The molecule has 0 amide bonds. The molecule has 6 nitrogen and oxygen atoms in total. The zero-order chi connectivity index (χ0) is 19.4. The third-order valence-corrected chi connectivity index (χ3v) is 5.71. The van der Waals surface area contributed by atoms with E-state index >= 15 is 0 Å². The predicted octanol–water partition coefficient (Wildman–Crippen LogP) is 2.45. The Hall–Kier alpha value is -2.44. The smallest absolute Gasteiger partial charge is 0.195 e. The molecule has 0 aromatic heterocycles. The fraction of sp³-hybridized carbons (Fsp3) is 0.455. The summed E-state index contributed by atoms with van der Waals surface area (Å²) in [5.74, 6) is 1.04. The van der Waals surface area contributed by atoms with Crippen LogP contribution in [0.1, 0.15) is 25.3 Å². The van der Waals surface area contributed by atoms with Gasteiger partial charge in [0.2, 0.25) is 0 Å². The molecule has 0 bridgehead atoms. The molecule has 2 heterocycles. The van der Waals surface area contributed by atoms with Gasteiger partial charge >= 0.3 is 0 Å². The first-order chi connectivity index (χ1) is 13.7. The van der Waals surface area contributed by atoms with E-state index < -0.39 is 0 Å². The van der Waals surface area contributed by atoms with E-state index in [9.17, 15) is 4.79 Å². The summed E-state index contributed by atoms with van der Waals surface area (Å²) in [5, 5.41) is 6.55. The van der Waals surface area contributed by atoms with Crippen molar-refractivity contribution in [3.05, 3.63) is 53.6 Å². The van der Waals surface area contributed by atoms with Crippen LogP contribution < -0.4 is 10.6 Å². The summed E-state index contributed by atoms with van der Waals surface area (Å²) < 4.78 is 5.58. The van der Waals surface area contributed by atoms with Crippen LogP contribution in [0.5, 0.6) is 0 Å². The SMILES string of the molecule is CCC(=O)C1=CCC(c2ccc(NC3=NCCN3)cc2)(N2CCOCC2)C=C1. The Morgan fingerprint density at radius 3 is 2.68 bits per heavy atom. The maximum atomic E-state index is 12.1. The fourth-order valence-corrected chi connectivity index (χ4v) is 4.09. The van der Waals surface area contributed by atoms with Crippen LogP contribution >= 0.6 is 0 Å². The number of rotatable bonds is 5. The zero-order valence-electron chi connectivity index (χ0n) is 16.4. The topological polar surface area (TPSA) is 66.0 Å². The van der Waals surface area contributed by atoms with Crippen molar-refractivity contribution < 1.29 is 9.53 Å². The number of carbonyl (C=O) groups excluding carboxylic acids is 1. The molecule has 1 saturated heterocycles. The van der Waals surface area contributed by atoms with Crippen molar-refractivity contribution in [2.24, 2.45) is 4.99 Å². The molecule has 1 aromatic rings. The number of nitrogens with one attached hydrogen (secondary N) is 2. The van der Waals surface area contributed by atoms with Crippen LogP contribution in [0.2, 0.25) is 0 Å². The number of anilines is 1. The first-order valence-electron chi connectivity index (χ1n) is 10.1. The Labute approximate surface area is 166 Å². The van der Waals surface area contributed by atoms with E-state index in [2.05, 4.69) is 56.9 Å². The number of guanidine groups is 1. The molecule has 6 heteroatoms. The number of aliphatic imine (C=N–C) groups is 1. The van der Waals surface area contributed by atoms with Crippen molar-refractivity contribution in [1.29, 1.82) is 0 Å². The van der Waals surface area contributed by atoms with E-state index in [0.717, 1.165) is 63.0 Å². The van der Waals surface area contributed by atoms with Gasteiger partial charge in [0.25, 0.3) is 0 Å². The van der Waals surface area contributed by atoms with Gasteiger partial charge in [0.05, 0.1) is 25.3 Å². The molecular weight excluding hydrogens is 352 g/mol. The molecule has 2 N–H and O–H groups in total. The van der Waals surface area contributed by atoms with Crippen molar-refractivity contribution in [3.63, 3.8) is 0 Å². The van der Waals surface area contributed by atoms with E-state index in [1.54, 1.807) is 0 Å². The van der Waals surface area contributed by atoms with Crippen molar-refractivity contribution in [1.82, 2.24) is 10.2 Å². The van der Waals surface area contributed by atoms with Crippen LogP contribution in [0.15, 0.2) is 53.1 Å². The average molecular weight is 380 g/mol. The van der Waals surface area contributed by atoms with Crippen molar-refractivity contribution in [3.8, 4) is 0 Å². The van der Waals surface area contributed by atoms with Crippen LogP contribution in [0.25, 0.3) is 0 Å². The van der Waals surface area contributed by atoms with Gasteiger partial charge in [0.1, 0.15) is 0 Å². The van der Waals surface area contributed by atoms with E-state index in [1.165, 1.54) is 5.56 Å². The van der Waals surface area contributed by atoms with E-state index in [4.69, 9.17) is 4.74 Å². The van der Waals surface area contributed by atoms with E-state index in [1.807, 2.05) is 13.0 Å². The highest BCUT2D eigenvalue weighted by Crippen LogP contribution is 2.39. The fourth-order valence-electron chi connectivity index (χ4n) is 4.09. The summed E-state index contributed by atoms with van der Waals surface area (Å²) in [4.78, 5) is 19.0. The number of hydrogen-bond donors (Lipinski definition) is 2. The Morgan fingerprint density at radius 2 is 2.07 bits per heavy atom. The van der Waals surface area contributed by atoms with Crippen LogP contribution in [0.4, 0.5) is 5.69 Å². The average Bonchev–Trinajstić information content (AvgIpc) is 3.27. The number of nitrogens with zero attached hydrogens (tertiary/aromatic N) is 2. The second kappa shape index (κ2) is 8.29. The molecule has 1 fully saturated rings. The minimum atomic E-state index is -0.233. The molecule has 0 radical (unpaired) electrons. The molecule has 2 aliphatic heterocycles. The monoisotopic (exact) mass is 380 g/mol. The van der Waals surface area contributed by atoms with Gasteiger partial charge in [-0.05, 0) is 24.1 Å². The Morgan fingerprint density at radius 1 is 1.29 bits per heavy atom. The maximum absolute atomic E-state index is 12.1. The summed E-state index contributed by atoms with van der Waals surface area (Å²) in [6, 6.07) is 8.56. The summed E-state index contributed by atoms with van der Waals surface area (Å²) in [6.07, 6.45) is 7.66. The van der Waals surface area contributed by atoms with E-state index in [0.29, 0.717) is 6.42 Å². The highest BCUT2D eigenvalue weighted by Gasteiger charge is 2.38. The molecule has 1 aliphatic carbocycles. The number of allylic oxidation sites excluding steroid dienone is 2. The minimum absolute atomic E-state index is 0.205. The molecule has 1 unspecified atom stereocenters. The van der Waals surface area contributed by atoms with Gasteiger partial charge in [-0.25, -0.2) is 0 Å². The molecule has 1 atom stereocenters. The zero-order valence-corrected chi connectivity index (χ0v) is 16.4. The summed E-state index contributed by atoms with van der Waals surface area (Å²) in [6.45, 7) is 6.87. The summed E-state index contributed by atoms with van der Waals surface area (Å²) in [7, 11) is 0. The third kappa shape index (κ3) is 3.75. The summed E-state index contributed by atoms with van der Waals surface area (Å²) >= 11 is 0. The van der Waals surface area contributed by atoms with Gasteiger partial charge in [-0.2, -0.15) is 0 Å². The first kappa shape index (κ1) is 18.9. The Balaban J connectivity index is 1.60. The van der Waals surface area contributed by atoms with Crippen molar-refractivity contribution in [2.45, 2.75) is 25.3 Å². The number of morpholine rings is 1. The second-order valence-corrected chi connectivity index (χ2v) is 7.36. The number of hydrogen-bond acceptors (Lipinski definition) is 6. The predicted molar refractivity (Wildman–Crippen MR) is 112 cm³/mol. The minimum Gasteiger partial charge on any atom is -0.379 e. The van der Waals surface area contributed by atoms with Gasteiger partial charge in [0.15, 0.2) is 11.7 Å². The molecule has 1 aromatic carbocycles. The third-order valence-electron chi connectivity index (χ3n) is 5.71. The number of ether oxygens (including phenoxy) is 1. The molecule has 3 aliphatic rings. The van der Waals surface area contributed by atoms with E-state index in [-0.39, 0.29) is 11.3 Å². The standard InChI is InChI=1S/C22H28N4O2/c1-2-20(27)17-7-9-22(10-8-17,26-13-15-28-16-14-26)18-3-5-19(6-4-18)25-21-23-11-12-24-21/h3-9H,2,10-16H2,1H3,(H2,23,24,25). The molecule has 28 heavy (non-hydrogen) atoms. The number of ketones is 1. The highest BCUT2D eigenvalue weighted by atomic mass is 16.5. The van der Waals surface area contributed by atoms with Crippen molar-refractivity contribution in [2.75, 3.05) is 44.7 Å². The Kier molecular flexibility index (Phi) is 5.59. The van der Waals surface area contributed by atoms with Crippen LogP contribution in [-0.4, -0.2) is 56.0 Å². The normalized spacial score (nSPS) is 25.0. The molecule has 0 spiro atoms. The highest BCUT2D eigenvalue weighted by molar-refractivity contribution is 5.98. The largest absolute Gasteiger partial charge is 0.379 e. The van der Waals surface area contributed by atoms with Crippen LogP contribution in [-0.2, 0) is 15.1 Å². The molecule has 148 valence electrons. The Bertz CT molecular complexity index is 806. The number of benzene rings is 1. The number of carbonyl (C=O) groups is 1. The maximum Gasteiger partial charge on any atom is 0.195 e. The molecular formula is C22H28N4O2. The lowest BCUT2D eigenvalue weighted by molar-refractivity contribution is -0.115. The quantitative estimate of drug-likeness (QED) is 0.821. The second-order valence-electron chi connectivity index (χ2n) is 7.36. The van der Waals surface area contributed by atoms with Gasteiger partial charge in [-0.15, -0.1) is 0 Å². The lowest BCUT2D eigenvalue weighted by Crippen LogP contribution is -2.50. The van der Waals surface area contributed by atoms with Gasteiger partial charge in [0, 0.05) is 37.3 Å². The lowest BCUT2D eigenvalue weighted by atomic mass is 9.79. The van der Waals surface area contributed by atoms with Crippen LogP contribution in [0.3, 0.4) is 0 Å². The molecule has 4 rings (SSSR count).